The summed E-state index contributed by atoms with van der Waals surface area (Å²) in [6.45, 7) is 1.53. The largest absolute Gasteiger partial charge is 0.334 e. The molecule has 0 aliphatic rings. The van der Waals surface area contributed by atoms with Crippen molar-refractivity contribution < 1.29 is 4.52 Å². The van der Waals surface area contributed by atoms with Crippen LogP contribution >= 0.6 is 22.9 Å². The molecule has 3 aromatic rings. The molecule has 0 unspecified atom stereocenters. The number of thiophene rings is 1. The topological polar surface area (TPSA) is 42.2 Å². The maximum absolute atomic E-state index is 5.87. The Labute approximate surface area is 132 Å². The second kappa shape index (κ2) is 6.39. The molecule has 0 radical (unpaired) electrons. The van der Waals surface area contributed by atoms with Crippen LogP contribution in [-0.4, -0.2) is 22.1 Å². The molecular formula is C15H14ClN3OS. The Morgan fingerprint density at radius 3 is 2.71 bits per heavy atom. The third kappa shape index (κ3) is 3.69. The van der Waals surface area contributed by atoms with Crippen LogP contribution in [0, 0.1) is 0 Å². The van der Waals surface area contributed by atoms with E-state index in [0.717, 1.165) is 12.1 Å². The fourth-order valence-electron chi connectivity index (χ4n) is 1.99. The van der Waals surface area contributed by atoms with Gasteiger partial charge in [0.2, 0.25) is 0 Å². The summed E-state index contributed by atoms with van der Waals surface area (Å²) in [5.41, 5.74) is 0.874. The van der Waals surface area contributed by atoms with Crippen LogP contribution in [0.5, 0.6) is 0 Å². The first-order chi connectivity index (χ1) is 10.2. The first-order valence-electron chi connectivity index (χ1n) is 6.50. The Morgan fingerprint density at radius 1 is 1.19 bits per heavy atom. The van der Waals surface area contributed by atoms with Crippen molar-refractivity contribution in [3.05, 3.63) is 57.5 Å². The number of nitrogens with zero attached hydrogens (tertiary/aromatic N) is 3. The fraction of sp³-hybridized carbons (Fsp3) is 0.200. The lowest BCUT2D eigenvalue weighted by atomic mass is 10.2. The molecule has 108 valence electrons. The predicted molar refractivity (Wildman–Crippen MR) is 84.2 cm³/mol. The number of benzene rings is 1. The van der Waals surface area contributed by atoms with Gasteiger partial charge in [-0.2, -0.15) is 4.98 Å². The highest BCUT2D eigenvalue weighted by Crippen LogP contribution is 2.20. The van der Waals surface area contributed by atoms with Crippen LogP contribution in [0.4, 0.5) is 0 Å². The molecule has 0 amide bonds. The summed E-state index contributed by atoms with van der Waals surface area (Å²) in [7, 11) is 2.04. The lowest BCUT2D eigenvalue weighted by Gasteiger charge is -2.12. The minimum atomic E-state index is 0.520. The van der Waals surface area contributed by atoms with Crippen molar-refractivity contribution >= 4 is 22.9 Å². The van der Waals surface area contributed by atoms with E-state index in [-0.39, 0.29) is 0 Å². The average molecular weight is 320 g/mol. The van der Waals surface area contributed by atoms with E-state index >= 15 is 0 Å². The third-order valence-corrected chi connectivity index (χ3v) is 4.09. The van der Waals surface area contributed by atoms with Gasteiger partial charge in [-0.25, -0.2) is 0 Å². The second-order valence-electron chi connectivity index (χ2n) is 4.77. The quantitative estimate of drug-likeness (QED) is 0.710. The molecule has 6 heteroatoms. The van der Waals surface area contributed by atoms with Crippen molar-refractivity contribution in [1.29, 1.82) is 0 Å². The molecule has 0 aliphatic heterocycles. The predicted octanol–water partition coefficient (Wildman–Crippen LogP) is 4.08. The molecule has 0 fully saturated rings. The fourth-order valence-corrected chi connectivity index (χ4v) is 2.90. The Balaban J connectivity index is 1.66. The van der Waals surface area contributed by atoms with Crippen LogP contribution in [0.2, 0.25) is 5.02 Å². The van der Waals surface area contributed by atoms with E-state index in [1.807, 2.05) is 31.3 Å². The maximum Gasteiger partial charge on any atom is 0.257 e. The zero-order chi connectivity index (χ0) is 14.7. The molecule has 21 heavy (non-hydrogen) atoms. The van der Waals surface area contributed by atoms with Gasteiger partial charge in [-0.05, 0) is 42.8 Å². The minimum Gasteiger partial charge on any atom is -0.334 e. The average Bonchev–Trinajstić information content (AvgIpc) is 3.11. The molecule has 2 aromatic heterocycles. The number of rotatable bonds is 5. The smallest absolute Gasteiger partial charge is 0.257 e. The molecule has 1 aromatic carbocycles. The first kappa shape index (κ1) is 14.3. The summed E-state index contributed by atoms with van der Waals surface area (Å²) >= 11 is 7.62. The minimum absolute atomic E-state index is 0.520. The van der Waals surface area contributed by atoms with Gasteiger partial charge in [0.25, 0.3) is 5.89 Å². The number of aromatic nitrogens is 2. The van der Waals surface area contributed by atoms with Crippen molar-refractivity contribution in [1.82, 2.24) is 15.0 Å². The van der Waals surface area contributed by atoms with Gasteiger partial charge in [-0.1, -0.05) is 22.8 Å². The van der Waals surface area contributed by atoms with E-state index in [1.54, 1.807) is 11.3 Å². The van der Waals surface area contributed by atoms with Gasteiger partial charge in [0, 0.05) is 22.0 Å². The van der Waals surface area contributed by atoms with Crippen molar-refractivity contribution in [2.75, 3.05) is 7.05 Å². The van der Waals surface area contributed by atoms with Crippen LogP contribution in [-0.2, 0) is 13.1 Å². The Hall–Kier alpha value is -1.69. The standard InChI is InChI=1S/C15H14ClN3OS/c1-19(9-13-3-2-8-21-13)10-14-17-15(20-18-14)11-4-6-12(16)7-5-11/h2-8H,9-10H2,1H3. The Kier molecular flexibility index (Phi) is 4.34. The first-order valence-corrected chi connectivity index (χ1v) is 7.76. The highest BCUT2D eigenvalue weighted by Gasteiger charge is 2.11. The van der Waals surface area contributed by atoms with E-state index in [4.69, 9.17) is 16.1 Å². The molecule has 3 rings (SSSR count). The van der Waals surface area contributed by atoms with Gasteiger partial charge < -0.3 is 4.52 Å². The summed E-state index contributed by atoms with van der Waals surface area (Å²) in [4.78, 5) is 7.89. The third-order valence-electron chi connectivity index (χ3n) is 2.98. The summed E-state index contributed by atoms with van der Waals surface area (Å²) in [6, 6.07) is 11.5. The lowest BCUT2D eigenvalue weighted by molar-refractivity contribution is 0.304. The molecule has 0 saturated heterocycles. The van der Waals surface area contributed by atoms with Gasteiger partial charge in [0.05, 0.1) is 6.54 Å². The van der Waals surface area contributed by atoms with E-state index in [2.05, 4.69) is 32.6 Å². The SMILES string of the molecule is CN(Cc1noc(-c2ccc(Cl)cc2)n1)Cc1cccs1. The highest BCUT2D eigenvalue weighted by atomic mass is 35.5. The van der Waals surface area contributed by atoms with Gasteiger partial charge in [0.1, 0.15) is 0 Å². The van der Waals surface area contributed by atoms with E-state index in [9.17, 15) is 0 Å². The van der Waals surface area contributed by atoms with Gasteiger partial charge in [-0.3, -0.25) is 4.90 Å². The van der Waals surface area contributed by atoms with Crippen LogP contribution in [0.15, 0.2) is 46.3 Å². The normalized spacial score (nSPS) is 11.2. The van der Waals surface area contributed by atoms with Gasteiger partial charge in [-0.15, -0.1) is 11.3 Å². The van der Waals surface area contributed by atoms with Crippen molar-refractivity contribution in [3.8, 4) is 11.5 Å². The molecular weight excluding hydrogens is 306 g/mol. The van der Waals surface area contributed by atoms with Crippen LogP contribution < -0.4 is 0 Å². The van der Waals surface area contributed by atoms with Crippen LogP contribution in [0.3, 0.4) is 0 Å². The maximum atomic E-state index is 5.87. The summed E-state index contributed by atoms with van der Waals surface area (Å²) < 4.78 is 5.30. The highest BCUT2D eigenvalue weighted by molar-refractivity contribution is 7.09. The molecule has 0 N–H and O–H groups in total. The molecule has 0 aliphatic carbocycles. The molecule has 0 spiro atoms. The number of hydrogen-bond donors (Lipinski definition) is 0. The van der Waals surface area contributed by atoms with E-state index in [0.29, 0.717) is 23.3 Å². The zero-order valence-corrected chi connectivity index (χ0v) is 13.1. The summed E-state index contributed by atoms with van der Waals surface area (Å²) in [5, 5.41) is 6.80. The van der Waals surface area contributed by atoms with E-state index < -0.39 is 0 Å². The Morgan fingerprint density at radius 2 is 2.00 bits per heavy atom. The van der Waals surface area contributed by atoms with E-state index in [1.165, 1.54) is 4.88 Å². The van der Waals surface area contributed by atoms with Gasteiger partial charge >= 0.3 is 0 Å². The Bertz CT molecular complexity index is 694. The zero-order valence-electron chi connectivity index (χ0n) is 11.5. The second-order valence-corrected chi connectivity index (χ2v) is 6.24. The number of hydrogen-bond acceptors (Lipinski definition) is 5. The molecule has 0 atom stereocenters. The van der Waals surface area contributed by atoms with Crippen molar-refractivity contribution in [3.63, 3.8) is 0 Å². The number of halogens is 1. The van der Waals surface area contributed by atoms with Crippen LogP contribution in [0.25, 0.3) is 11.5 Å². The molecule has 4 nitrogen and oxygen atoms in total. The summed E-state index contributed by atoms with van der Waals surface area (Å²) in [6.07, 6.45) is 0. The monoisotopic (exact) mass is 319 g/mol. The molecule has 0 saturated carbocycles. The lowest BCUT2D eigenvalue weighted by Crippen LogP contribution is -2.17. The molecule has 2 heterocycles. The van der Waals surface area contributed by atoms with Gasteiger partial charge in [0.15, 0.2) is 5.82 Å². The molecule has 0 bridgehead atoms. The van der Waals surface area contributed by atoms with Crippen LogP contribution in [0.1, 0.15) is 10.7 Å². The summed E-state index contributed by atoms with van der Waals surface area (Å²) in [5.74, 6) is 1.20. The van der Waals surface area contributed by atoms with Crippen molar-refractivity contribution in [2.45, 2.75) is 13.1 Å². The van der Waals surface area contributed by atoms with Crippen molar-refractivity contribution in [2.24, 2.45) is 0 Å².